The Morgan fingerprint density at radius 1 is 1.18 bits per heavy atom. The maximum atomic E-state index is 12.9. The summed E-state index contributed by atoms with van der Waals surface area (Å²) in [6.45, 7) is 2.09. The van der Waals surface area contributed by atoms with E-state index in [-0.39, 0.29) is 28.3 Å². The Morgan fingerprint density at radius 2 is 1.89 bits per heavy atom. The zero-order chi connectivity index (χ0) is 20.3. The first kappa shape index (κ1) is 20.1. The molecule has 0 aliphatic heterocycles. The van der Waals surface area contributed by atoms with Gasteiger partial charge in [-0.25, -0.2) is 0 Å². The lowest BCUT2D eigenvalue weighted by molar-refractivity contribution is -0.137. The van der Waals surface area contributed by atoms with Crippen LogP contribution in [0.2, 0.25) is 5.02 Å². The van der Waals surface area contributed by atoms with Gasteiger partial charge in [-0.3, -0.25) is 0 Å². The molecule has 0 fully saturated rings. The Hall–Kier alpha value is -2.65. The number of hydrogen-bond acceptors (Lipinski definition) is 4. The van der Waals surface area contributed by atoms with Gasteiger partial charge in [0, 0.05) is 11.3 Å². The Balaban J connectivity index is 1.60. The Labute approximate surface area is 168 Å². The fourth-order valence-electron chi connectivity index (χ4n) is 2.30. The van der Waals surface area contributed by atoms with Gasteiger partial charge in [0.05, 0.1) is 17.1 Å². The van der Waals surface area contributed by atoms with Gasteiger partial charge >= 0.3 is 6.18 Å². The molecule has 0 radical (unpaired) electrons. The van der Waals surface area contributed by atoms with E-state index in [9.17, 15) is 13.2 Å². The van der Waals surface area contributed by atoms with Crippen LogP contribution in [0.5, 0.6) is 0 Å². The first-order valence-electron chi connectivity index (χ1n) is 8.03. The van der Waals surface area contributed by atoms with E-state index in [1.807, 2.05) is 31.2 Å². The van der Waals surface area contributed by atoms with Crippen LogP contribution >= 0.6 is 23.8 Å². The number of aromatic nitrogens is 2. The topological polar surface area (TPSA) is 63.0 Å². The molecule has 5 nitrogen and oxygen atoms in total. The number of hydrogen-bond donors (Lipinski definition) is 2. The third-order valence-corrected chi connectivity index (χ3v) is 4.28. The van der Waals surface area contributed by atoms with Crippen molar-refractivity contribution in [3.05, 3.63) is 64.5 Å². The predicted molar refractivity (Wildman–Crippen MR) is 104 cm³/mol. The highest BCUT2D eigenvalue weighted by Gasteiger charge is 2.33. The number of halogens is 4. The normalized spacial score (nSPS) is 11.3. The minimum atomic E-state index is -4.56. The van der Waals surface area contributed by atoms with E-state index in [1.54, 1.807) is 0 Å². The number of anilines is 1. The third kappa shape index (κ3) is 4.99. The van der Waals surface area contributed by atoms with Crippen LogP contribution in [0.3, 0.4) is 0 Å². The molecule has 2 aromatic carbocycles. The zero-order valence-corrected chi connectivity index (χ0v) is 16.0. The second-order valence-corrected chi connectivity index (χ2v) is 6.69. The summed E-state index contributed by atoms with van der Waals surface area (Å²) >= 11 is 10.7. The highest BCUT2D eigenvalue weighted by atomic mass is 35.5. The van der Waals surface area contributed by atoms with Gasteiger partial charge in [0.15, 0.2) is 5.11 Å². The van der Waals surface area contributed by atoms with E-state index in [0.29, 0.717) is 5.82 Å². The van der Waals surface area contributed by atoms with Gasteiger partial charge in [0.2, 0.25) is 11.7 Å². The second-order valence-electron chi connectivity index (χ2n) is 5.88. The summed E-state index contributed by atoms with van der Waals surface area (Å²) in [6.07, 6.45) is -4.56. The molecule has 146 valence electrons. The summed E-state index contributed by atoms with van der Waals surface area (Å²) in [6, 6.07) is 11.1. The smallest absolute Gasteiger partial charge is 0.353 e. The number of aryl methyl sites for hydroxylation is 1. The predicted octanol–water partition coefficient (Wildman–Crippen LogP) is 5.20. The van der Waals surface area contributed by atoms with Crippen molar-refractivity contribution < 1.29 is 17.7 Å². The van der Waals surface area contributed by atoms with Crippen LogP contribution in [0.4, 0.5) is 18.9 Å². The molecule has 1 heterocycles. The molecule has 0 aliphatic carbocycles. The van der Waals surface area contributed by atoms with Crippen molar-refractivity contribution in [2.24, 2.45) is 0 Å². The van der Waals surface area contributed by atoms with E-state index >= 15 is 0 Å². The molecule has 10 heteroatoms. The first-order chi connectivity index (χ1) is 13.2. The molecule has 0 amide bonds. The molecular formula is C18H14ClF3N4OS. The second kappa shape index (κ2) is 8.15. The minimum Gasteiger partial charge on any atom is -0.353 e. The fraction of sp³-hybridized carbons (Fsp3) is 0.167. The van der Waals surface area contributed by atoms with Crippen molar-refractivity contribution in [3.63, 3.8) is 0 Å². The van der Waals surface area contributed by atoms with Gasteiger partial charge in [-0.15, -0.1) is 0 Å². The van der Waals surface area contributed by atoms with Gasteiger partial charge in [-0.05, 0) is 37.3 Å². The maximum Gasteiger partial charge on any atom is 0.417 e. The molecule has 3 aromatic rings. The van der Waals surface area contributed by atoms with E-state index < -0.39 is 11.7 Å². The van der Waals surface area contributed by atoms with Crippen LogP contribution < -0.4 is 10.6 Å². The maximum absolute atomic E-state index is 12.9. The summed E-state index contributed by atoms with van der Waals surface area (Å²) in [4.78, 5) is 4.25. The van der Waals surface area contributed by atoms with Crippen molar-refractivity contribution in [1.29, 1.82) is 0 Å². The average Bonchev–Trinajstić information content (AvgIpc) is 3.10. The lowest BCUT2D eigenvalue weighted by Gasteiger charge is -2.13. The molecule has 0 saturated heterocycles. The number of thiocarbonyl (C=S) groups is 1. The monoisotopic (exact) mass is 426 g/mol. The number of alkyl halides is 3. The molecular weight excluding hydrogens is 413 g/mol. The van der Waals surface area contributed by atoms with Gasteiger partial charge in [-0.2, -0.15) is 18.2 Å². The van der Waals surface area contributed by atoms with E-state index in [2.05, 4.69) is 20.8 Å². The minimum absolute atomic E-state index is 0.102. The fourth-order valence-corrected chi connectivity index (χ4v) is 2.71. The molecule has 0 bridgehead atoms. The van der Waals surface area contributed by atoms with Gasteiger partial charge in [-0.1, -0.05) is 46.6 Å². The summed E-state index contributed by atoms with van der Waals surface area (Å²) in [5.41, 5.74) is 1.13. The number of nitrogens with one attached hydrogen (secondary N) is 2. The molecule has 1 aromatic heterocycles. The van der Waals surface area contributed by atoms with E-state index in [4.69, 9.17) is 28.3 Å². The van der Waals surface area contributed by atoms with E-state index in [0.717, 1.165) is 23.3 Å². The quantitative estimate of drug-likeness (QED) is 0.559. The van der Waals surface area contributed by atoms with Crippen LogP contribution in [0.25, 0.3) is 11.4 Å². The lowest BCUT2D eigenvalue weighted by atomic mass is 10.1. The standard InChI is InChI=1S/C18H14ClF3N4OS/c1-10-2-4-11(5-3-10)16-25-15(27-26-16)9-23-17(28)24-12-6-7-14(19)13(8-12)18(20,21)22/h2-8H,9H2,1H3,(H2,23,24,28). The molecule has 0 unspecified atom stereocenters. The number of benzene rings is 2. The van der Waals surface area contributed by atoms with Crippen LogP contribution in [-0.2, 0) is 12.7 Å². The summed E-state index contributed by atoms with van der Waals surface area (Å²) in [5, 5.41) is 9.09. The van der Waals surface area contributed by atoms with Crippen LogP contribution in [0.15, 0.2) is 47.0 Å². The van der Waals surface area contributed by atoms with Crippen LogP contribution in [0, 0.1) is 6.92 Å². The van der Waals surface area contributed by atoms with Crippen molar-refractivity contribution in [1.82, 2.24) is 15.5 Å². The van der Waals surface area contributed by atoms with Crippen molar-refractivity contribution in [2.75, 3.05) is 5.32 Å². The Kier molecular flexibility index (Phi) is 5.85. The van der Waals surface area contributed by atoms with Crippen molar-refractivity contribution in [3.8, 4) is 11.4 Å². The molecule has 3 rings (SSSR count). The number of nitrogens with zero attached hydrogens (tertiary/aromatic N) is 2. The van der Waals surface area contributed by atoms with Gasteiger partial charge in [0.25, 0.3) is 0 Å². The Bertz CT molecular complexity index is 989. The molecule has 0 saturated carbocycles. The average molecular weight is 427 g/mol. The van der Waals surface area contributed by atoms with Gasteiger partial charge in [0.1, 0.15) is 0 Å². The highest BCUT2D eigenvalue weighted by molar-refractivity contribution is 7.80. The largest absolute Gasteiger partial charge is 0.417 e. The zero-order valence-electron chi connectivity index (χ0n) is 14.5. The number of rotatable bonds is 4. The molecule has 0 aliphatic rings. The van der Waals surface area contributed by atoms with Crippen LogP contribution in [-0.4, -0.2) is 15.3 Å². The Morgan fingerprint density at radius 3 is 2.57 bits per heavy atom. The van der Waals surface area contributed by atoms with E-state index in [1.165, 1.54) is 6.07 Å². The first-order valence-corrected chi connectivity index (χ1v) is 8.82. The third-order valence-electron chi connectivity index (χ3n) is 3.71. The summed E-state index contributed by atoms with van der Waals surface area (Å²) in [7, 11) is 0. The van der Waals surface area contributed by atoms with Crippen LogP contribution in [0.1, 0.15) is 17.0 Å². The van der Waals surface area contributed by atoms with Crippen molar-refractivity contribution >= 4 is 34.6 Å². The SMILES string of the molecule is Cc1ccc(-c2noc(CNC(=S)Nc3ccc(Cl)c(C(F)(F)F)c3)n2)cc1. The molecule has 28 heavy (non-hydrogen) atoms. The lowest BCUT2D eigenvalue weighted by Crippen LogP contribution is -2.28. The van der Waals surface area contributed by atoms with Crippen molar-refractivity contribution in [2.45, 2.75) is 19.6 Å². The highest BCUT2D eigenvalue weighted by Crippen LogP contribution is 2.36. The molecule has 0 spiro atoms. The van der Waals surface area contributed by atoms with Gasteiger partial charge < -0.3 is 15.2 Å². The summed E-state index contributed by atoms with van der Waals surface area (Å²) < 4.78 is 43.9. The molecule has 2 N–H and O–H groups in total. The summed E-state index contributed by atoms with van der Waals surface area (Å²) in [5.74, 6) is 0.718. The molecule has 0 atom stereocenters.